The van der Waals surface area contributed by atoms with Crippen LogP contribution in [0.25, 0.3) is 0 Å². The van der Waals surface area contributed by atoms with Gasteiger partial charge in [-0.05, 0) is 38.0 Å². The van der Waals surface area contributed by atoms with Gasteiger partial charge in [-0.15, -0.1) is 0 Å². The zero-order valence-electron chi connectivity index (χ0n) is 17.3. The average Bonchev–Trinajstić information content (AvgIpc) is 2.70. The number of carbonyl (C=O) groups is 2. The highest BCUT2D eigenvalue weighted by Crippen LogP contribution is 2.25. The van der Waals surface area contributed by atoms with Crippen LogP contribution >= 0.6 is 0 Å². The first-order chi connectivity index (χ1) is 14.0. The number of piperazine rings is 1. The number of anilines is 1. The average molecular weight is 396 g/mol. The quantitative estimate of drug-likeness (QED) is 0.782. The number of benzene rings is 2. The van der Waals surface area contributed by atoms with Crippen molar-refractivity contribution in [2.75, 3.05) is 31.6 Å². The van der Waals surface area contributed by atoms with Gasteiger partial charge in [0, 0.05) is 30.4 Å². The van der Waals surface area contributed by atoms with Gasteiger partial charge in [-0.25, -0.2) is 0 Å². The molecule has 2 aromatic rings. The summed E-state index contributed by atoms with van der Waals surface area (Å²) in [6.45, 7) is 4.82. The van der Waals surface area contributed by atoms with Crippen LogP contribution in [-0.4, -0.2) is 55.5 Å². The molecule has 0 aliphatic carbocycles. The minimum absolute atomic E-state index is 0.0140. The topological polar surface area (TPSA) is 61.9 Å². The van der Waals surface area contributed by atoms with Gasteiger partial charge in [-0.1, -0.05) is 36.4 Å². The lowest BCUT2D eigenvalue weighted by atomic mass is 10.0. The summed E-state index contributed by atoms with van der Waals surface area (Å²) in [6.07, 6.45) is 0.767. The summed E-state index contributed by atoms with van der Waals surface area (Å²) in [4.78, 5) is 29.1. The predicted molar refractivity (Wildman–Crippen MR) is 114 cm³/mol. The summed E-state index contributed by atoms with van der Waals surface area (Å²) >= 11 is 0. The first-order valence-corrected chi connectivity index (χ1v) is 9.98. The maximum absolute atomic E-state index is 12.9. The van der Waals surface area contributed by atoms with E-state index in [0.717, 1.165) is 12.1 Å². The molecule has 1 heterocycles. The molecule has 1 saturated heterocycles. The highest BCUT2D eigenvalue weighted by molar-refractivity contribution is 5.96. The molecule has 0 aromatic heterocycles. The molecule has 1 aliphatic rings. The van der Waals surface area contributed by atoms with Gasteiger partial charge in [0.2, 0.25) is 11.8 Å². The molecule has 0 bridgehead atoms. The highest BCUT2D eigenvalue weighted by atomic mass is 16.5. The third-order valence-corrected chi connectivity index (χ3v) is 5.02. The SMILES string of the molecule is COc1cccc(N2C[C@H](Cc3ccccc3)N(CC(=O)NC(C)C)CC2=O)c1. The molecular formula is C23H29N3O3. The first kappa shape index (κ1) is 20.9. The predicted octanol–water partition coefficient (Wildman–Crippen LogP) is 2.48. The van der Waals surface area contributed by atoms with Crippen molar-refractivity contribution in [3.63, 3.8) is 0 Å². The number of hydrogen-bond acceptors (Lipinski definition) is 4. The van der Waals surface area contributed by atoms with Gasteiger partial charge in [0.15, 0.2) is 0 Å². The Kier molecular flexibility index (Phi) is 6.88. The molecule has 0 saturated carbocycles. The lowest BCUT2D eigenvalue weighted by molar-refractivity contribution is -0.127. The van der Waals surface area contributed by atoms with Crippen molar-refractivity contribution in [3.05, 3.63) is 60.2 Å². The van der Waals surface area contributed by atoms with Crippen LogP contribution in [-0.2, 0) is 16.0 Å². The smallest absolute Gasteiger partial charge is 0.241 e. The Labute approximate surface area is 172 Å². The van der Waals surface area contributed by atoms with Crippen molar-refractivity contribution in [1.29, 1.82) is 0 Å². The van der Waals surface area contributed by atoms with Crippen LogP contribution in [0.1, 0.15) is 19.4 Å². The van der Waals surface area contributed by atoms with Crippen LogP contribution in [0.2, 0.25) is 0 Å². The second kappa shape index (κ2) is 9.56. The fourth-order valence-electron chi connectivity index (χ4n) is 3.66. The summed E-state index contributed by atoms with van der Waals surface area (Å²) in [7, 11) is 1.62. The lowest BCUT2D eigenvalue weighted by Crippen LogP contribution is -2.59. The zero-order chi connectivity index (χ0) is 20.8. The number of nitrogens with one attached hydrogen (secondary N) is 1. The third kappa shape index (κ3) is 5.57. The Bertz CT molecular complexity index is 838. The van der Waals surface area contributed by atoms with Gasteiger partial charge in [0.25, 0.3) is 0 Å². The van der Waals surface area contributed by atoms with Crippen LogP contribution in [0.15, 0.2) is 54.6 Å². The Morgan fingerprint density at radius 1 is 1.17 bits per heavy atom. The molecule has 1 fully saturated rings. The Morgan fingerprint density at radius 3 is 2.62 bits per heavy atom. The monoisotopic (exact) mass is 395 g/mol. The largest absolute Gasteiger partial charge is 0.497 e. The van der Waals surface area contributed by atoms with Gasteiger partial charge in [0.05, 0.1) is 20.2 Å². The van der Waals surface area contributed by atoms with E-state index in [1.165, 1.54) is 5.56 Å². The number of ether oxygens (including phenoxy) is 1. The second-order valence-corrected chi connectivity index (χ2v) is 7.68. The lowest BCUT2D eigenvalue weighted by Gasteiger charge is -2.41. The van der Waals surface area contributed by atoms with E-state index in [9.17, 15) is 9.59 Å². The van der Waals surface area contributed by atoms with E-state index in [2.05, 4.69) is 17.4 Å². The molecule has 2 amide bonds. The fraction of sp³-hybridized carbons (Fsp3) is 0.391. The maximum Gasteiger partial charge on any atom is 0.241 e. The molecular weight excluding hydrogens is 366 g/mol. The van der Waals surface area contributed by atoms with Gasteiger partial charge < -0.3 is 15.0 Å². The van der Waals surface area contributed by atoms with Crippen LogP contribution in [0.3, 0.4) is 0 Å². The molecule has 6 nitrogen and oxygen atoms in total. The van der Waals surface area contributed by atoms with Crippen molar-refractivity contribution in [1.82, 2.24) is 10.2 Å². The molecule has 6 heteroatoms. The van der Waals surface area contributed by atoms with E-state index in [4.69, 9.17) is 4.74 Å². The Balaban J connectivity index is 1.82. The van der Waals surface area contributed by atoms with Gasteiger partial charge >= 0.3 is 0 Å². The fourth-order valence-corrected chi connectivity index (χ4v) is 3.66. The van der Waals surface area contributed by atoms with E-state index in [-0.39, 0.29) is 37.0 Å². The Hall–Kier alpha value is -2.86. The molecule has 3 rings (SSSR count). The standard InChI is InChI=1S/C23H29N3O3/c1-17(2)24-22(27)15-25-16-23(28)26(19-10-7-11-21(13-19)29-3)14-20(25)12-18-8-5-4-6-9-18/h4-11,13,17,20H,12,14-16H2,1-3H3,(H,24,27)/t20-/m0/s1. The van der Waals surface area contributed by atoms with Gasteiger partial charge in [-0.2, -0.15) is 0 Å². The van der Waals surface area contributed by atoms with Gasteiger partial charge in [-0.3, -0.25) is 14.5 Å². The van der Waals surface area contributed by atoms with Crippen LogP contribution in [0.4, 0.5) is 5.69 Å². The van der Waals surface area contributed by atoms with Crippen molar-refractivity contribution < 1.29 is 14.3 Å². The minimum atomic E-state index is -0.0549. The number of amides is 2. The minimum Gasteiger partial charge on any atom is -0.497 e. The molecule has 0 radical (unpaired) electrons. The molecule has 154 valence electrons. The van der Waals surface area contributed by atoms with E-state index in [1.807, 2.05) is 61.2 Å². The molecule has 0 unspecified atom stereocenters. The van der Waals surface area contributed by atoms with Gasteiger partial charge in [0.1, 0.15) is 5.75 Å². The van der Waals surface area contributed by atoms with Crippen LogP contribution < -0.4 is 15.0 Å². The molecule has 29 heavy (non-hydrogen) atoms. The van der Waals surface area contributed by atoms with Crippen molar-refractivity contribution in [2.45, 2.75) is 32.4 Å². The van der Waals surface area contributed by atoms with E-state index >= 15 is 0 Å². The number of hydrogen-bond donors (Lipinski definition) is 1. The summed E-state index contributed by atoms with van der Waals surface area (Å²) in [5.74, 6) is 0.647. The molecule has 2 aromatic carbocycles. The second-order valence-electron chi connectivity index (χ2n) is 7.68. The summed E-state index contributed by atoms with van der Waals surface area (Å²) in [5, 5.41) is 2.93. The molecule has 1 atom stereocenters. The van der Waals surface area contributed by atoms with Crippen molar-refractivity contribution in [3.8, 4) is 5.75 Å². The Morgan fingerprint density at radius 2 is 1.93 bits per heavy atom. The summed E-state index contributed by atoms with van der Waals surface area (Å²) in [5.41, 5.74) is 2.01. The van der Waals surface area contributed by atoms with Crippen LogP contribution in [0, 0.1) is 0 Å². The zero-order valence-corrected chi connectivity index (χ0v) is 17.3. The summed E-state index contributed by atoms with van der Waals surface area (Å²) < 4.78 is 5.31. The number of carbonyl (C=O) groups excluding carboxylic acids is 2. The van der Waals surface area contributed by atoms with E-state index < -0.39 is 0 Å². The number of nitrogens with zero attached hydrogens (tertiary/aromatic N) is 2. The molecule has 1 aliphatic heterocycles. The number of methoxy groups -OCH3 is 1. The molecule has 1 N–H and O–H groups in total. The summed E-state index contributed by atoms with van der Waals surface area (Å²) in [6, 6.07) is 17.8. The normalized spacial score (nSPS) is 17.4. The highest BCUT2D eigenvalue weighted by Gasteiger charge is 2.34. The third-order valence-electron chi connectivity index (χ3n) is 5.02. The molecule has 0 spiro atoms. The van der Waals surface area contributed by atoms with Crippen molar-refractivity contribution in [2.24, 2.45) is 0 Å². The van der Waals surface area contributed by atoms with E-state index in [0.29, 0.717) is 12.3 Å². The maximum atomic E-state index is 12.9. The van der Waals surface area contributed by atoms with E-state index in [1.54, 1.807) is 12.0 Å². The first-order valence-electron chi connectivity index (χ1n) is 9.98. The number of rotatable bonds is 7. The van der Waals surface area contributed by atoms with Crippen molar-refractivity contribution >= 4 is 17.5 Å². The van der Waals surface area contributed by atoms with Crippen LogP contribution in [0.5, 0.6) is 5.75 Å².